The van der Waals surface area contributed by atoms with Crippen molar-refractivity contribution in [3.8, 4) is 22.3 Å². The molecule has 0 bridgehead atoms. The van der Waals surface area contributed by atoms with Crippen LogP contribution in [0.4, 0.5) is 17.1 Å². The molecule has 10 aromatic rings. The van der Waals surface area contributed by atoms with Gasteiger partial charge in [-0.15, -0.1) is 0 Å². The highest BCUT2D eigenvalue weighted by atomic mass is 16.3. The number of hydrogen-bond donors (Lipinski definition) is 0. The van der Waals surface area contributed by atoms with Gasteiger partial charge in [0.1, 0.15) is 11.2 Å². The van der Waals surface area contributed by atoms with Crippen molar-refractivity contribution < 1.29 is 4.42 Å². The first-order valence-corrected chi connectivity index (χ1v) is 17.1. The van der Waals surface area contributed by atoms with E-state index in [2.05, 4.69) is 193 Å². The standard InChI is InChI=1S/C48H31NO/c1-2-12-32(13-3-1)33-24-27-36(28-25-33)49(45-22-11-23-46-47(45)43-29-26-35-15-5-7-18-38(35)48(43)50-46)44-31-30-41(40-19-8-9-20-42(40)44)39-21-10-16-34-14-4-6-17-37(34)39/h1-31H. The van der Waals surface area contributed by atoms with Gasteiger partial charge in [-0.25, -0.2) is 0 Å². The number of fused-ring (bicyclic) bond motifs is 7. The third-order valence-corrected chi connectivity index (χ3v) is 10.1. The molecule has 2 nitrogen and oxygen atoms in total. The predicted octanol–water partition coefficient (Wildman–Crippen LogP) is 13.8. The normalized spacial score (nSPS) is 11.6. The maximum Gasteiger partial charge on any atom is 0.143 e. The van der Waals surface area contributed by atoms with E-state index in [1.165, 1.54) is 49.2 Å². The molecule has 234 valence electrons. The molecule has 0 radical (unpaired) electrons. The average Bonchev–Trinajstić information content (AvgIpc) is 3.59. The van der Waals surface area contributed by atoms with Gasteiger partial charge in [0.2, 0.25) is 0 Å². The Morgan fingerprint density at radius 1 is 0.340 bits per heavy atom. The van der Waals surface area contributed by atoms with Crippen molar-refractivity contribution in [2.45, 2.75) is 0 Å². The van der Waals surface area contributed by atoms with E-state index in [0.29, 0.717) is 0 Å². The SMILES string of the molecule is c1ccc(-c2ccc(N(c3ccc(-c4cccc5ccccc45)c4ccccc34)c3cccc4oc5c6ccccc6ccc5c34)cc2)cc1. The van der Waals surface area contributed by atoms with E-state index >= 15 is 0 Å². The fraction of sp³-hybridized carbons (Fsp3) is 0. The van der Waals surface area contributed by atoms with E-state index in [4.69, 9.17) is 4.42 Å². The van der Waals surface area contributed by atoms with Gasteiger partial charge in [-0.2, -0.15) is 0 Å². The minimum absolute atomic E-state index is 0.872. The fourth-order valence-corrected chi connectivity index (χ4v) is 7.74. The summed E-state index contributed by atoms with van der Waals surface area (Å²) < 4.78 is 6.68. The van der Waals surface area contributed by atoms with Crippen LogP contribution in [0.1, 0.15) is 0 Å². The van der Waals surface area contributed by atoms with Crippen LogP contribution >= 0.6 is 0 Å². The molecule has 0 saturated carbocycles. The number of benzene rings is 9. The Labute approximate surface area is 290 Å². The van der Waals surface area contributed by atoms with Gasteiger partial charge in [-0.1, -0.05) is 152 Å². The molecule has 0 aliphatic carbocycles. The largest absolute Gasteiger partial charge is 0.455 e. The van der Waals surface area contributed by atoms with Crippen LogP contribution in [-0.2, 0) is 0 Å². The van der Waals surface area contributed by atoms with Crippen LogP contribution in [0, 0.1) is 0 Å². The molecule has 9 aromatic carbocycles. The second-order valence-electron chi connectivity index (χ2n) is 12.9. The maximum absolute atomic E-state index is 6.68. The quantitative estimate of drug-likeness (QED) is 0.187. The molecule has 1 aromatic heterocycles. The number of anilines is 3. The molecular formula is C48H31NO. The monoisotopic (exact) mass is 637 g/mol. The first-order chi connectivity index (χ1) is 24.8. The Bertz CT molecular complexity index is 2860. The van der Waals surface area contributed by atoms with Crippen LogP contribution in [0.3, 0.4) is 0 Å². The summed E-state index contributed by atoms with van der Waals surface area (Å²) in [4.78, 5) is 2.41. The van der Waals surface area contributed by atoms with Gasteiger partial charge in [-0.3, -0.25) is 0 Å². The van der Waals surface area contributed by atoms with Gasteiger partial charge in [-0.05, 0) is 80.2 Å². The zero-order chi connectivity index (χ0) is 33.0. The molecule has 0 aliphatic rings. The molecule has 10 rings (SSSR count). The van der Waals surface area contributed by atoms with E-state index < -0.39 is 0 Å². The molecule has 0 spiro atoms. The van der Waals surface area contributed by atoms with Crippen LogP contribution in [0.15, 0.2) is 192 Å². The number of hydrogen-bond acceptors (Lipinski definition) is 2. The van der Waals surface area contributed by atoms with Gasteiger partial charge >= 0.3 is 0 Å². The van der Waals surface area contributed by atoms with E-state index in [1.54, 1.807) is 0 Å². The molecule has 0 saturated heterocycles. The van der Waals surface area contributed by atoms with Crippen LogP contribution in [-0.4, -0.2) is 0 Å². The molecule has 0 N–H and O–H groups in total. The average molecular weight is 638 g/mol. The van der Waals surface area contributed by atoms with E-state index in [0.717, 1.165) is 44.4 Å². The molecule has 1 heterocycles. The van der Waals surface area contributed by atoms with Crippen molar-refractivity contribution in [1.82, 2.24) is 0 Å². The number of rotatable bonds is 5. The van der Waals surface area contributed by atoms with Crippen molar-refractivity contribution in [3.05, 3.63) is 188 Å². The van der Waals surface area contributed by atoms with Crippen LogP contribution in [0.5, 0.6) is 0 Å². The zero-order valence-corrected chi connectivity index (χ0v) is 27.3. The summed E-state index contributed by atoms with van der Waals surface area (Å²) in [6.45, 7) is 0. The van der Waals surface area contributed by atoms with Crippen molar-refractivity contribution >= 4 is 71.3 Å². The Morgan fingerprint density at radius 3 is 1.78 bits per heavy atom. The molecule has 0 aliphatic heterocycles. The topological polar surface area (TPSA) is 16.4 Å². The smallest absolute Gasteiger partial charge is 0.143 e. The lowest BCUT2D eigenvalue weighted by molar-refractivity contribution is 0.672. The lowest BCUT2D eigenvalue weighted by Gasteiger charge is -2.28. The van der Waals surface area contributed by atoms with Crippen molar-refractivity contribution in [1.29, 1.82) is 0 Å². The Balaban J connectivity index is 1.25. The van der Waals surface area contributed by atoms with Gasteiger partial charge in [0, 0.05) is 21.8 Å². The first kappa shape index (κ1) is 28.4. The van der Waals surface area contributed by atoms with Crippen LogP contribution in [0.25, 0.3) is 76.5 Å². The van der Waals surface area contributed by atoms with Gasteiger partial charge in [0.25, 0.3) is 0 Å². The Kier molecular flexibility index (Phi) is 6.53. The molecule has 0 atom stereocenters. The molecule has 0 unspecified atom stereocenters. The molecule has 2 heteroatoms. The highest BCUT2D eigenvalue weighted by Crippen LogP contribution is 2.47. The predicted molar refractivity (Wildman–Crippen MR) is 212 cm³/mol. The summed E-state index contributed by atoms with van der Waals surface area (Å²) >= 11 is 0. The van der Waals surface area contributed by atoms with Gasteiger partial charge in [0.05, 0.1) is 16.8 Å². The molecule has 0 amide bonds. The summed E-state index contributed by atoms with van der Waals surface area (Å²) in [6, 6.07) is 67.5. The third kappa shape index (κ3) is 4.50. The zero-order valence-electron chi connectivity index (χ0n) is 27.3. The molecule has 50 heavy (non-hydrogen) atoms. The first-order valence-electron chi connectivity index (χ1n) is 17.1. The Hall–Kier alpha value is -6.64. The van der Waals surface area contributed by atoms with Crippen molar-refractivity contribution in [2.24, 2.45) is 0 Å². The fourth-order valence-electron chi connectivity index (χ4n) is 7.74. The third-order valence-electron chi connectivity index (χ3n) is 10.1. The van der Waals surface area contributed by atoms with E-state index in [-0.39, 0.29) is 0 Å². The van der Waals surface area contributed by atoms with Crippen LogP contribution < -0.4 is 4.90 Å². The second-order valence-corrected chi connectivity index (χ2v) is 12.9. The minimum atomic E-state index is 0.872. The summed E-state index contributed by atoms with van der Waals surface area (Å²) in [5, 5.41) is 9.38. The highest BCUT2D eigenvalue weighted by molar-refractivity contribution is 6.20. The highest BCUT2D eigenvalue weighted by Gasteiger charge is 2.23. The van der Waals surface area contributed by atoms with Crippen molar-refractivity contribution in [2.75, 3.05) is 4.90 Å². The minimum Gasteiger partial charge on any atom is -0.455 e. The molecular weight excluding hydrogens is 607 g/mol. The van der Waals surface area contributed by atoms with Crippen molar-refractivity contribution in [3.63, 3.8) is 0 Å². The maximum atomic E-state index is 6.68. The van der Waals surface area contributed by atoms with Gasteiger partial charge in [0.15, 0.2) is 0 Å². The summed E-state index contributed by atoms with van der Waals surface area (Å²) in [7, 11) is 0. The number of furan rings is 1. The van der Waals surface area contributed by atoms with E-state index in [9.17, 15) is 0 Å². The second kappa shape index (κ2) is 11.5. The van der Waals surface area contributed by atoms with E-state index in [1.807, 2.05) is 0 Å². The van der Waals surface area contributed by atoms with Gasteiger partial charge < -0.3 is 9.32 Å². The summed E-state index contributed by atoms with van der Waals surface area (Å²) in [6.07, 6.45) is 0. The summed E-state index contributed by atoms with van der Waals surface area (Å²) in [5.41, 5.74) is 9.90. The van der Waals surface area contributed by atoms with Crippen LogP contribution in [0.2, 0.25) is 0 Å². The Morgan fingerprint density at radius 2 is 0.960 bits per heavy atom. The lowest BCUT2D eigenvalue weighted by Crippen LogP contribution is -2.11. The lowest BCUT2D eigenvalue weighted by atomic mass is 9.92. The summed E-state index contributed by atoms with van der Waals surface area (Å²) in [5.74, 6) is 0. The molecule has 0 fully saturated rings. The number of nitrogens with zero attached hydrogens (tertiary/aromatic N) is 1.